The van der Waals surface area contributed by atoms with E-state index in [0.717, 1.165) is 24.8 Å². The van der Waals surface area contributed by atoms with Crippen molar-refractivity contribution in [2.75, 3.05) is 0 Å². The monoisotopic (exact) mass is 445 g/mol. The summed E-state index contributed by atoms with van der Waals surface area (Å²) in [5.41, 5.74) is 4.13. The fourth-order valence-electron chi connectivity index (χ4n) is 4.84. The van der Waals surface area contributed by atoms with Crippen LogP contribution in [0.2, 0.25) is 0 Å². The first-order chi connectivity index (χ1) is 15.6. The Bertz CT molecular complexity index is 1390. The van der Waals surface area contributed by atoms with E-state index in [4.69, 9.17) is 4.98 Å². The summed E-state index contributed by atoms with van der Waals surface area (Å²) in [5.74, 6) is 0.0851. The highest BCUT2D eigenvalue weighted by molar-refractivity contribution is 8.00. The molecule has 1 unspecified atom stereocenters. The van der Waals surface area contributed by atoms with Gasteiger partial charge in [0.25, 0.3) is 5.56 Å². The van der Waals surface area contributed by atoms with Gasteiger partial charge in [0.2, 0.25) is 5.91 Å². The van der Waals surface area contributed by atoms with Crippen LogP contribution in [0.5, 0.6) is 0 Å². The number of aromatic nitrogens is 3. The number of para-hydroxylation sites is 2. The second kappa shape index (κ2) is 8.58. The van der Waals surface area contributed by atoms with E-state index in [-0.39, 0.29) is 16.7 Å². The summed E-state index contributed by atoms with van der Waals surface area (Å²) >= 11 is 1.42. The van der Waals surface area contributed by atoms with Gasteiger partial charge in [-0.25, -0.2) is 4.98 Å². The first kappa shape index (κ1) is 21.0. The minimum Gasteiger partial charge on any atom is -0.287 e. The predicted octanol–water partition coefficient (Wildman–Crippen LogP) is 5.46. The summed E-state index contributed by atoms with van der Waals surface area (Å²) in [6.45, 7) is 4.50. The predicted molar refractivity (Wildman–Crippen MR) is 131 cm³/mol. The summed E-state index contributed by atoms with van der Waals surface area (Å²) in [6.07, 6.45) is 4.91. The topological polar surface area (TPSA) is 56.9 Å². The van der Waals surface area contributed by atoms with E-state index in [1.165, 1.54) is 34.8 Å². The molecule has 0 fully saturated rings. The standard InChI is InChI=1S/C26H27N3O2S/c1-3-23(32-26-27-20-14-8-5-13-19(20)24(30)28(26)4-2)25(31)29-21-15-9-6-11-17(21)18-12-7-10-16-22(18)29/h5-6,8-9,11,13-15,23H,3-4,7,10,12,16H2,1-2H3. The lowest BCUT2D eigenvalue weighted by atomic mass is 9.95. The van der Waals surface area contributed by atoms with E-state index >= 15 is 0 Å². The number of benzene rings is 2. The molecule has 0 bridgehead atoms. The lowest BCUT2D eigenvalue weighted by molar-refractivity contribution is 0.0910. The highest BCUT2D eigenvalue weighted by Crippen LogP contribution is 2.34. The Morgan fingerprint density at radius 1 is 1.03 bits per heavy atom. The maximum atomic E-state index is 13.9. The molecule has 5 nitrogen and oxygen atoms in total. The van der Waals surface area contributed by atoms with Gasteiger partial charge in [-0.15, -0.1) is 0 Å². The third-order valence-corrected chi connectivity index (χ3v) is 7.78. The SMILES string of the molecule is CCC(Sc1nc2ccccc2c(=O)n1CC)C(=O)n1c2c(c3ccccc31)CCCC2. The smallest absolute Gasteiger partial charge is 0.262 e. The Labute approximate surface area is 191 Å². The second-order valence-electron chi connectivity index (χ2n) is 8.30. The molecule has 0 saturated carbocycles. The van der Waals surface area contributed by atoms with Gasteiger partial charge >= 0.3 is 0 Å². The lowest BCUT2D eigenvalue weighted by Gasteiger charge is -2.20. The van der Waals surface area contributed by atoms with Crippen LogP contribution in [-0.4, -0.2) is 25.3 Å². The Morgan fingerprint density at radius 3 is 2.53 bits per heavy atom. The Hall–Kier alpha value is -2.86. The largest absolute Gasteiger partial charge is 0.287 e. The lowest BCUT2D eigenvalue weighted by Crippen LogP contribution is -2.28. The van der Waals surface area contributed by atoms with Crippen LogP contribution in [0.25, 0.3) is 21.8 Å². The first-order valence-electron chi connectivity index (χ1n) is 11.5. The Balaban J connectivity index is 1.59. The number of nitrogens with zero attached hydrogens (tertiary/aromatic N) is 3. The molecular weight excluding hydrogens is 418 g/mol. The van der Waals surface area contributed by atoms with Crippen molar-refractivity contribution in [3.05, 3.63) is 70.1 Å². The first-order valence-corrected chi connectivity index (χ1v) is 12.3. The van der Waals surface area contributed by atoms with E-state index in [2.05, 4.69) is 18.2 Å². The molecule has 1 atom stereocenters. The molecule has 0 spiro atoms. The van der Waals surface area contributed by atoms with Crippen molar-refractivity contribution in [1.82, 2.24) is 14.1 Å². The average Bonchev–Trinajstić information content (AvgIpc) is 3.17. The van der Waals surface area contributed by atoms with E-state index in [1.807, 2.05) is 48.7 Å². The van der Waals surface area contributed by atoms with Gasteiger partial charge in [0.15, 0.2) is 5.16 Å². The molecule has 32 heavy (non-hydrogen) atoms. The molecule has 4 aromatic rings. The van der Waals surface area contributed by atoms with Crippen molar-refractivity contribution in [1.29, 1.82) is 0 Å². The van der Waals surface area contributed by atoms with E-state index in [9.17, 15) is 9.59 Å². The Morgan fingerprint density at radius 2 is 1.75 bits per heavy atom. The van der Waals surface area contributed by atoms with Crippen molar-refractivity contribution in [3.8, 4) is 0 Å². The number of carbonyl (C=O) groups is 1. The molecule has 0 aliphatic heterocycles. The van der Waals surface area contributed by atoms with E-state index < -0.39 is 0 Å². The van der Waals surface area contributed by atoms with Crippen LogP contribution in [0.4, 0.5) is 0 Å². The van der Waals surface area contributed by atoms with Crippen LogP contribution >= 0.6 is 11.8 Å². The zero-order chi connectivity index (χ0) is 22.2. The van der Waals surface area contributed by atoms with Gasteiger partial charge in [-0.3, -0.25) is 18.7 Å². The summed E-state index contributed by atoms with van der Waals surface area (Å²) < 4.78 is 3.65. The van der Waals surface area contributed by atoms with Crippen LogP contribution in [-0.2, 0) is 19.4 Å². The van der Waals surface area contributed by atoms with Gasteiger partial charge < -0.3 is 0 Å². The van der Waals surface area contributed by atoms with Crippen molar-refractivity contribution >= 4 is 39.5 Å². The van der Waals surface area contributed by atoms with Crippen molar-refractivity contribution in [3.63, 3.8) is 0 Å². The van der Waals surface area contributed by atoms with Gasteiger partial charge in [0, 0.05) is 17.6 Å². The molecule has 2 aromatic heterocycles. The zero-order valence-corrected chi connectivity index (χ0v) is 19.3. The number of hydrogen-bond acceptors (Lipinski definition) is 4. The van der Waals surface area contributed by atoms with Crippen molar-refractivity contribution < 1.29 is 4.79 Å². The summed E-state index contributed by atoms with van der Waals surface area (Å²) in [5, 5.41) is 2.11. The Kier molecular flexibility index (Phi) is 5.64. The van der Waals surface area contributed by atoms with Gasteiger partial charge in [-0.1, -0.05) is 49.0 Å². The number of aryl methyl sites for hydroxylation is 1. The maximum Gasteiger partial charge on any atom is 0.262 e. The zero-order valence-electron chi connectivity index (χ0n) is 18.5. The number of carbonyl (C=O) groups excluding carboxylic acids is 1. The second-order valence-corrected chi connectivity index (χ2v) is 9.47. The molecule has 1 aliphatic carbocycles. The maximum absolute atomic E-state index is 13.9. The highest BCUT2D eigenvalue weighted by atomic mass is 32.2. The molecule has 5 rings (SSSR count). The third kappa shape index (κ3) is 3.37. The van der Waals surface area contributed by atoms with Gasteiger partial charge in [0.05, 0.1) is 21.7 Å². The molecule has 6 heteroatoms. The number of thioether (sulfide) groups is 1. The fraction of sp³-hybridized carbons (Fsp3) is 0.346. The summed E-state index contributed by atoms with van der Waals surface area (Å²) in [4.78, 5) is 31.7. The highest BCUT2D eigenvalue weighted by Gasteiger charge is 2.29. The fourth-order valence-corrected chi connectivity index (χ4v) is 5.96. The molecule has 2 heterocycles. The molecule has 2 aromatic carbocycles. The molecule has 0 saturated heterocycles. The van der Waals surface area contributed by atoms with Gasteiger partial charge in [-0.2, -0.15) is 0 Å². The van der Waals surface area contributed by atoms with Crippen LogP contribution in [0.15, 0.2) is 58.5 Å². The normalized spacial score (nSPS) is 14.6. The number of fused-ring (bicyclic) bond motifs is 4. The van der Waals surface area contributed by atoms with Crippen molar-refractivity contribution in [2.24, 2.45) is 0 Å². The third-order valence-electron chi connectivity index (χ3n) is 6.44. The molecule has 1 aliphatic rings. The number of hydrogen-bond donors (Lipinski definition) is 0. The average molecular weight is 446 g/mol. The minimum absolute atomic E-state index is 0.0494. The minimum atomic E-state index is -0.317. The van der Waals surface area contributed by atoms with Gasteiger partial charge in [-0.05, 0) is 62.8 Å². The molecule has 0 N–H and O–H groups in total. The van der Waals surface area contributed by atoms with E-state index in [1.54, 1.807) is 4.57 Å². The van der Waals surface area contributed by atoms with E-state index in [0.29, 0.717) is 29.0 Å². The molecule has 0 radical (unpaired) electrons. The van der Waals surface area contributed by atoms with Crippen LogP contribution in [0, 0.1) is 0 Å². The van der Waals surface area contributed by atoms with Gasteiger partial charge in [0.1, 0.15) is 0 Å². The van der Waals surface area contributed by atoms with Crippen LogP contribution < -0.4 is 5.56 Å². The molecule has 0 amide bonds. The molecule has 164 valence electrons. The van der Waals surface area contributed by atoms with Crippen LogP contribution in [0.1, 0.15) is 49.2 Å². The quantitative estimate of drug-likeness (QED) is 0.302. The number of rotatable bonds is 5. The molecular formula is C26H27N3O2S. The summed E-state index contributed by atoms with van der Waals surface area (Å²) in [6, 6.07) is 15.7. The van der Waals surface area contributed by atoms with Crippen LogP contribution in [0.3, 0.4) is 0 Å². The summed E-state index contributed by atoms with van der Waals surface area (Å²) in [7, 11) is 0. The van der Waals surface area contributed by atoms with Crippen molar-refractivity contribution in [2.45, 2.75) is 62.9 Å².